The molecule has 130 valence electrons. The minimum absolute atomic E-state index is 0.0817. The van der Waals surface area contributed by atoms with Gasteiger partial charge in [0.1, 0.15) is 0 Å². The fourth-order valence-electron chi connectivity index (χ4n) is 4.13. The molecule has 0 bridgehead atoms. The van der Waals surface area contributed by atoms with Crippen molar-refractivity contribution in [1.29, 1.82) is 0 Å². The van der Waals surface area contributed by atoms with Gasteiger partial charge in [-0.25, -0.2) is 0 Å². The molecule has 1 spiro atoms. The second kappa shape index (κ2) is 6.82. The Morgan fingerprint density at radius 3 is 2.67 bits per heavy atom. The van der Waals surface area contributed by atoms with Crippen molar-refractivity contribution in [3.05, 3.63) is 29.3 Å². The maximum atomic E-state index is 12.5. The maximum Gasteiger partial charge on any atom is 0.238 e. The van der Waals surface area contributed by atoms with Gasteiger partial charge in [0, 0.05) is 31.6 Å². The Labute approximate surface area is 143 Å². The quantitative estimate of drug-likeness (QED) is 0.924. The Balaban J connectivity index is 1.33. The molecule has 2 saturated heterocycles. The van der Waals surface area contributed by atoms with Gasteiger partial charge in [-0.1, -0.05) is 12.1 Å². The van der Waals surface area contributed by atoms with Crippen LogP contribution in [0, 0.1) is 0 Å². The molecule has 3 aliphatic rings. The molecular formula is C19H26N2O3. The van der Waals surface area contributed by atoms with E-state index in [1.165, 1.54) is 24.0 Å². The van der Waals surface area contributed by atoms with E-state index in [0.29, 0.717) is 19.8 Å². The van der Waals surface area contributed by atoms with E-state index in [1.54, 1.807) is 0 Å². The Kier molecular flexibility index (Phi) is 4.57. The summed E-state index contributed by atoms with van der Waals surface area (Å²) in [7, 11) is 0. The molecule has 0 unspecified atom stereocenters. The first kappa shape index (κ1) is 16.1. The molecule has 5 heteroatoms. The van der Waals surface area contributed by atoms with E-state index < -0.39 is 0 Å². The van der Waals surface area contributed by atoms with Crippen molar-refractivity contribution in [1.82, 2.24) is 4.90 Å². The predicted octanol–water partition coefficient (Wildman–Crippen LogP) is 2.34. The van der Waals surface area contributed by atoms with Crippen LogP contribution in [-0.4, -0.2) is 49.4 Å². The van der Waals surface area contributed by atoms with Crippen molar-refractivity contribution in [3.63, 3.8) is 0 Å². The highest BCUT2D eigenvalue weighted by molar-refractivity contribution is 5.93. The highest BCUT2D eigenvalue weighted by atomic mass is 16.7. The van der Waals surface area contributed by atoms with Gasteiger partial charge in [0.05, 0.1) is 19.8 Å². The molecule has 4 rings (SSSR count). The van der Waals surface area contributed by atoms with Crippen LogP contribution in [-0.2, 0) is 27.1 Å². The van der Waals surface area contributed by atoms with E-state index in [2.05, 4.69) is 22.3 Å². The number of carbonyl (C=O) groups is 1. The van der Waals surface area contributed by atoms with Crippen LogP contribution in [0.15, 0.2) is 18.2 Å². The van der Waals surface area contributed by atoms with Crippen molar-refractivity contribution >= 4 is 11.6 Å². The number of rotatable bonds is 3. The number of hydrogen-bond acceptors (Lipinski definition) is 4. The number of fused-ring (bicyclic) bond motifs is 1. The summed E-state index contributed by atoms with van der Waals surface area (Å²) in [5.74, 6) is -0.288. The average Bonchev–Trinajstić information content (AvgIpc) is 3.06. The second-order valence-electron chi connectivity index (χ2n) is 7.08. The van der Waals surface area contributed by atoms with E-state index in [-0.39, 0.29) is 11.7 Å². The van der Waals surface area contributed by atoms with E-state index in [0.717, 1.165) is 44.5 Å². The smallest absolute Gasteiger partial charge is 0.238 e. The van der Waals surface area contributed by atoms with E-state index in [4.69, 9.17) is 9.47 Å². The number of carbonyl (C=O) groups excluding carboxylic acids is 1. The van der Waals surface area contributed by atoms with Gasteiger partial charge in [-0.2, -0.15) is 0 Å². The Bertz CT molecular complexity index is 601. The molecule has 1 aliphatic carbocycles. The Morgan fingerprint density at radius 1 is 1.12 bits per heavy atom. The van der Waals surface area contributed by atoms with Gasteiger partial charge < -0.3 is 14.8 Å². The van der Waals surface area contributed by atoms with Crippen molar-refractivity contribution in [2.45, 2.75) is 44.3 Å². The molecule has 0 radical (unpaired) electrons. The summed E-state index contributed by atoms with van der Waals surface area (Å²) in [5.41, 5.74) is 3.74. The fraction of sp³-hybridized carbons (Fsp3) is 0.632. The summed E-state index contributed by atoms with van der Waals surface area (Å²) in [6, 6.07) is 6.28. The minimum Gasteiger partial charge on any atom is -0.347 e. The molecule has 0 atom stereocenters. The first-order chi connectivity index (χ1) is 11.7. The lowest BCUT2D eigenvalue weighted by atomic mass is 9.90. The van der Waals surface area contributed by atoms with Crippen LogP contribution in [0.2, 0.25) is 0 Å². The van der Waals surface area contributed by atoms with E-state index >= 15 is 0 Å². The van der Waals surface area contributed by atoms with Crippen LogP contribution in [0.3, 0.4) is 0 Å². The van der Waals surface area contributed by atoms with Crippen LogP contribution in [0.5, 0.6) is 0 Å². The summed E-state index contributed by atoms with van der Waals surface area (Å²) in [5, 5.41) is 3.14. The molecule has 1 aromatic rings. The van der Waals surface area contributed by atoms with Gasteiger partial charge >= 0.3 is 0 Å². The number of piperidine rings is 1. The molecule has 24 heavy (non-hydrogen) atoms. The third-order valence-corrected chi connectivity index (χ3v) is 5.47. The van der Waals surface area contributed by atoms with E-state index in [9.17, 15) is 4.79 Å². The van der Waals surface area contributed by atoms with Gasteiger partial charge in [-0.15, -0.1) is 0 Å². The molecule has 0 aromatic heterocycles. The highest BCUT2D eigenvalue weighted by Crippen LogP contribution is 2.31. The maximum absolute atomic E-state index is 12.5. The fourth-order valence-corrected chi connectivity index (χ4v) is 4.13. The second-order valence-corrected chi connectivity index (χ2v) is 7.08. The number of hydrogen-bond donors (Lipinski definition) is 1. The number of amides is 1. The summed E-state index contributed by atoms with van der Waals surface area (Å²) in [6.45, 7) is 3.53. The molecule has 2 fully saturated rings. The predicted molar refractivity (Wildman–Crippen MR) is 92.0 cm³/mol. The first-order valence-electron chi connectivity index (χ1n) is 9.15. The van der Waals surface area contributed by atoms with Gasteiger partial charge in [0.25, 0.3) is 0 Å². The lowest BCUT2D eigenvalue weighted by molar-refractivity contribution is -0.185. The molecule has 2 heterocycles. The summed E-state index contributed by atoms with van der Waals surface area (Å²) < 4.78 is 11.5. The van der Waals surface area contributed by atoms with Crippen LogP contribution in [0.4, 0.5) is 5.69 Å². The molecule has 5 nitrogen and oxygen atoms in total. The zero-order chi connectivity index (χ0) is 16.4. The lowest BCUT2D eigenvalue weighted by Crippen LogP contribution is -2.47. The monoisotopic (exact) mass is 330 g/mol. The number of anilines is 1. The molecule has 1 aromatic carbocycles. The molecule has 0 saturated carbocycles. The molecule has 1 amide bonds. The number of benzene rings is 1. The number of nitrogens with one attached hydrogen (secondary N) is 1. The lowest BCUT2D eigenvalue weighted by Gasteiger charge is -2.37. The average molecular weight is 330 g/mol. The van der Waals surface area contributed by atoms with Crippen molar-refractivity contribution in [2.24, 2.45) is 0 Å². The number of ether oxygens (including phenoxy) is 2. The number of nitrogens with zero attached hydrogens (tertiary/aromatic N) is 1. The van der Waals surface area contributed by atoms with Gasteiger partial charge in [-0.05, 0) is 42.9 Å². The van der Waals surface area contributed by atoms with E-state index in [1.807, 2.05) is 6.07 Å². The SMILES string of the molecule is O=C(CN1CCC2(CC1)OCCO2)Nc1cccc2c1CCCC2. The summed E-state index contributed by atoms with van der Waals surface area (Å²) in [6.07, 6.45) is 6.38. The zero-order valence-electron chi connectivity index (χ0n) is 14.2. The zero-order valence-corrected chi connectivity index (χ0v) is 14.2. The third-order valence-electron chi connectivity index (χ3n) is 5.47. The van der Waals surface area contributed by atoms with Gasteiger partial charge in [0.15, 0.2) is 5.79 Å². The molecular weight excluding hydrogens is 304 g/mol. The van der Waals surface area contributed by atoms with Crippen LogP contribution in [0.1, 0.15) is 36.8 Å². The molecule has 1 N–H and O–H groups in total. The standard InChI is InChI=1S/C19H26N2O3/c22-18(14-21-10-8-19(9-11-21)23-12-13-24-19)20-17-7-3-5-15-4-1-2-6-16(15)17/h3,5,7H,1-2,4,6,8-14H2,(H,20,22). The van der Waals surface area contributed by atoms with Gasteiger partial charge in [-0.3, -0.25) is 9.69 Å². The first-order valence-corrected chi connectivity index (χ1v) is 9.15. The van der Waals surface area contributed by atoms with Crippen LogP contribution in [0.25, 0.3) is 0 Å². The molecule has 2 aliphatic heterocycles. The topological polar surface area (TPSA) is 50.8 Å². The summed E-state index contributed by atoms with van der Waals surface area (Å²) in [4.78, 5) is 14.7. The highest BCUT2D eigenvalue weighted by Gasteiger charge is 2.39. The Morgan fingerprint density at radius 2 is 1.88 bits per heavy atom. The minimum atomic E-state index is -0.370. The van der Waals surface area contributed by atoms with Crippen molar-refractivity contribution in [3.8, 4) is 0 Å². The van der Waals surface area contributed by atoms with Crippen LogP contribution < -0.4 is 5.32 Å². The normalized spacial score (nSPS) is 23.2. The van der Waals surface area contributed by atoms with Crippen molar-refractivity contribution in [2.75, 3.05) is 38.2 Å². The number of likely N-dealkylation sites (tertiary alicyclic amines) is 1. The van der Waals surface area contributed by atoms with Crippen molar-refractivity contribution < 1.29 is 14.3 Å². The van der Waals surface area contributed by atoms with Gasteiger partial charge in [0.2, 0.25) is 5.91 Å². The third kappa shape index (κ3) is 3.34. The summed E-state index contributed by atoms with van der Waals surface area (Å²) >= 11 is 0. The Hall–Kier alpha value is -1.43. The number of aryl methyl sites for hydroxylation is 1. The largest absolute Gasteiger partial charge is 0.347 e. The van der Waals surface area contributed by atoms with Crippen LogP contribution >= 0.6 is 0 Å².